The minimum atomic E-state index is -3.50. The van der Waals surface area contributed by atoms with Crippen molar-refractivity contribution in [3.05, 3.63) is 54.1 Å². The van der Waals surface area contributed by atoms with Crippen molar-refractivity contribution < 1.29 is 8.42 Å². The average Bonchev–Trinajstić information content (AvgIpc) is 2.53. The van der Waals surface area contributed by atoms with Crippen LogP contribution in [0.3, 0.4) is 0 Å². The summed E-state index contributed by atoms with van der Waals surface area (Å²) in [6, 6.07) is 12.9. The molecule has 0 bridgehead atoms. The molecule has 0 amide bonds. The van der Waals surface area contributed by atoms with Gasteiger partial charge in [0.1, 0.15) is 0 Å². The normalized spacial score (nSPS) is 15.9. The van der Waals surface area contributed by atoms with E-state index in [9.17, 15) is 8.42 Å². The predicted molar refractivity (Wildman–Crippen MR) is 84.7 cm³/mol. The van der Waals surface area contributed by atoms with E-state index in [0.29, 0.717) is 11.4 Å². The number of fused-ring (bicyclic) bond motifs is 1. The highest BCUT2D eigenvalue weighted by Gasteiger charge is 2.17. The zero-order chi connectivity index (χ0) is 14.7. The van der Waals surface area contributed by atoms with Gasteiger partial charge < -0.3 is 5.32 Å². The predicted octanol–water partition coefficient (Wildman–Crippen LogP) is 2.04. The van der Waals surface area contributed by atoms with Gasteiger partial charge in [-0.05, 0) is 24.4 Å². The van der Waals surface area contributed by atoms with E-state index in [0.717, 1.165) is 35.9 Å². The minimum Gasteiger partial charge on any atom is -0.313 e. The smallest absolute Gasteiger partial charge is 0.241 e. The lowest BCUT2D eigenvalue weighted by Gasteiger charge is -2.15. The Kier molecular flexibility index (Phi) is 4.05. The second-order valence-electron chi connectivity index (χ2n) is 5.12. The highest BCUT2D eigenvalue weighted by atomic mass is 32.2. The summed E-state index contributed by atoms with van der Waals surface area (Å²) in [6.07, 6.45) is 2.94. The third-order valence-electron chi connectivity index (χ3n) is 3.69. The molecule has 4 nitrogen and oxygen atoms in total. The summed E-state index contributed by atoms with van der Waals surface area (Å²) in [4.78, 5) is 0.343. The van der Waals surface area contributed by atoms with Crippen LogP contribution in [-0.4, -0.2) is 28.1 Å². The molecule has 3 rings (SSSR count). The highest BCUT2D eigenvalue weighted by Crippen LogP contribution is 2.22. The van der Waals surface area contributed by atoms with Crippen molar-refractivity contribution in [1.82, 2.24) is 10.0 Å². The van der Waals surface area contributed by atoms with Gasteiger partial charge in [-0.2, -0.15) is 0 Å². The van der Waals surface area contributed by atoms with E-state index < -0.39 is 10.0 Å². The molecule has 21 heavy (non-hydrogen) atoms. The molecular formula is C16H18N2O2S. The first-order chi connectivity index (χ1) is 10.2. The van der Waals surface area contributed by atoms with Gasteiger partial charge in [-0.25, -0.2) is 13.1 Å². The number of benzene rings is 2. The van der Waals surface area contributed by atoms with Gasteiger partial charge in [-0.1, -0.05) is 48.0 Å². The van der Waals surface area contributed by atoms with Gasteiger partial charge >= 0.3 is 0 Å². The molecule has 0 unspecified atom stereocenters. The van der Waals surface area contributed by atoms with Crippen LogP contribution in [0, 0.1) is 0 Å². The number of rotatable bonds is 4. The molecule has 0 fully saturated rings. The fraction of sp³-hybridized carbons (Fsp3) is 0.250. The summed E-state index contributed by atoms with van der Waals surface area (Å²) in [7, 11) is -3.50. The van der Waals surface area contributed by atoms with Crippen LogP contribution in [-0.2, 0) is 10.0 Å². The zero-order valence-corrected chi connectivity index (χ0v) is 12.5. The summed E-state index contributed by atoms with van der Waals surface area (Å²) >= 11 is 0. The van der Waals surface area contributed by atoms with E-state index in [1.54, 1.807) is 12.1 Å². The van der Waals surface area contributed by atoms with Gasteiger partial charge in [-0.15, -0.1) is 0 Å². The molecule has 110 valence electrons. The molecule has 0 spiro atoms. The molecule has 0 radical (unpaired) electrons. The van der Waals surface area contributed by atoms with Crippen LogP contribution in [0.4, 0.5) is 0 Å². The van der Waals surface area contributed by atoms with Crippen molar-refractivity contribution >= 4 is 20.8 Å². The standard InChI is InChI=1S/C16H18N2O2S/c19-21(20,18-12-13-8-10-17-11-9-13)16-7-3-5-14-4-1-2-6-15(14)16/h1-8,17-18H,9-12H2. The van der Waals surface area contributed by atoms with Crippen molar-refractivity contribution in [1.29, 1.82) is 0 Å². The van der Waals surface area contributed by atoms with Crippen LogP contribution in [0.2, 0.25) is 0 Å². The number of hydrogen-bond acceptors (Lipinski definition) is 3. The summed E-state index contributed by atoms with van der Waals surface area (Å²) in [5.41, 5.74) is 1.14. The summed E-state index contributed by atoms with van der Waals surface area (Å²) in [5.74, 6) is 0. The molecule has 2 aromatic rings. The molecule has 1 heterocycles. The second-order valence-corrected chi connectivity index (χ2v) is 6.85. The second kappa shape index (κ2) is 5.97. The lowest BCUT2D eigenvalue weighted by atomic mass is 10.1. The van der Waals surface area contributed by atoms with E-state index in [-0.39, 0.29) is 0 Å². The third kappa shape index (κ3) is 3.15. The van der Waals surface area contributed by atoms with Crippen LogP contribution in [0.5, 0.6) is 0 Å². The maximum absolute atomic E-state index is 12.5. The Balaban J connectivity index is 1.88. The van der Waals surface area contributed by atoms with Gasteiger partial charge in [-0.3, -0.25) is 0 Å². The maximum Gasteiger partial charge on any atom is 0.241 e. The molecular weight excluding hydrogens is 284 g/mol. The first kappa shape index (κ1) is 14.3. The first-order valence-corrected chi connectivity index (χ1v) is 8.51. The van der Waals surface area contributed by atoms with Crippen molar-refractivity contribution in [2.24, 2.45) is 0 Å². The quantitative estimate of drug-likeness (QED) is 0.850. The Morgan fingerprint density at radius 1 is 1.10 bits per heavy atom. The van der Waals surface area contributed by atoms with Crippen LogP contribution in [0.25, 0.3) is 10.8 Å². The zero-order valence-electron chi connectivity index (χ0n) is 11.7. The van der Waals surface area contributed by atoms with E-state index in [1.165, 1.54) is 0 Å². The Morgan fingerprint density at radius 3 is 2.71 bits per heavy atom. The molecule has 2 N–H and O–H groups in total. The Hall–Kier alpha value is -1.69. The average molecular weight is 302 g/mol. The summed E-state index contributed by atoms with van der Waals surface area (Å²) < 4.78 is 27.8. The third-order valence-corrected chi connectivity index (χ3v) is 5.15. The van der Waals surface area contributed by atoms with Crippen LogP contribution >= 0.6 is 0 Å². The molecule has 5 heteroatoms. The molecule has 0 aliphatic carbocycles. The Morgan fingerprint density at radius 2 is 1.90 bits per heavy atom. The summed E-state index contributed by atoms with van der Waals surface area (Å²) in [6.45, 7) is 2.10. The van der Waals surface area contributed by atoms with Crippen LogP contribution in [0.1, 0.15) is 6.42 Å². The topological polar surface area (TPSA) is 58.2 Å². The first-order valence-electron chi connectivity index (χ1n) is 7.03. The van der Waals surface area contributed by atoms with Crippen LogP contribution < -0.4 is 10.0 Å². The van der Waals surface area contributed by atoms with Gasteiger partial charge in [0.05, 0.1) is 4.90 Å². The highest BCUT2D eigenvalue weighted by molar-refractivity contribution is 7.89. The SMILES string of the molecule is O=S(=O)(NCC1=CCNCC1)c1cccc2ccccc12. The number of nitrogens with one attached hydrogen (secondary N) is 2. The van der Waals surface area contributed by atoms with Gasteiger partial charge in [0.2, 0.25) is 10.0 Å². The van der Waals surface area contributed by atoms with Crippen molar-refractivity contribution in [3.63, 3.8) is 0 Å². The number of sulfonamides is 1. The van der Waals surface area contributed by atoms with E-state index in [1.807, 2.05) is 30.3 Å². The fourth-order valence-electron chi connectivity index (χ4n) is 2.53. The molecule has 0 aromatic heterocycles. The van der Waals surface area contributed by atoms with Crippen LogP contribution in [0.15, 0.2) is 59.0 Å². The molecule has 0 atom stereocenters. The fourth-order valence-corrected chi connectivity index (χ4v) is 3.79. The van der Waals surface area contributed by atoms with E-state index in [4.69, 9.17) is 0 Å². The Bertz CT molecular complexity index is 776. The summed E-state index contributed by atoms with van der Waals surface area (Å²) in [5, 5.41) is 4.90. The lowest BCUT2D eigenvalue weighted by molar-refractivity contribution is 0.583. The molecule has 1 aliphatic rings. The van der Waals surface area contributed by atoms with E-state index in [2.05, 4.69) is 16.1 Å². The molecule has 0 saturated heterocycles. The van der Waals surface area contributed by atoms with Gasteiger partial charge in [0.15, 0.2) is 0 Å². The van der Waals surface area contributed by atoms with E-state index >= 15 is 0 Å². The molecule has 0 saturated carbocycles. The lowest BCUT2D eigenvalue weighted by Crippen LogP contribution is -2.29. The largest absolute Gasteiger partial charge is 0.313 e. The monoisotopic (exact) mass is 302 g/mol. The number of hydrogen-bond donors (Lipinski definition) is 2. The van der Waals surface area contributed by atoms with Gasteiger partial charge in [0.25, 0.3) is 0 Å². The molecule has 2 aromatic carbocycles. The van der Waals surface area contributed by atoms with Crippen molar-refractivity contribution in [2.45, 2.75) is 11.3 Å². The van der Waals surface area contributed by atoms with Gasteiger partial charge in [0, 0.05) is 18.5 Å². The van der Waals surface area contributed by atoms with Crippen molar-refractivity contribution in [2.75, 3.05) is 19.6 Å². The Labute approximate surface area is 124 Å². The molecule has 1 aliphatic heterocycles. The van der Waals surface area contributed by atoms with Crippen molar-refractivity contribution in [3.8, 4) is 0 Å². The maximum atomic E-state index is 12.5. The minimum absolute atomic E-state index is 0.343.